The van der Waals surface area contributed by atoms with Crippen LogP contribution in [0.2, 0.25) is 0 Å². The van der Waals surface area contributed by atoms with Crippen LogP contribution in [-0.2, 0) is 79.9 Å². The second-order valence-electron chi connectivity index (χ2n) is 30.4. The van der Waals surface area contributed by atoms with E-state index in [0.717, 1.165) is 12.5 Å². The normalized spacial score (nSPS) is 17.9. The molecule has 3 aromatic rings. The number of benzene rings is 3. The number of nitrogens with one attached hydrogen (secondary N) is 5. The Labute approximate surface area is 644 Å². The second-order valence-corrected chi connectivity index (χ2v) is 30.4. The minimum absolute atomic E-state index is 0.0153. The summed E-state index contributed by atoms with van der Waals surface area (Å²) in [5.41, 5.74) is 6.25. The molecular formula is C80H118F4N10O16. The van der Waals surface area contributed by atoms with Gasteiger partial charge in [-0.05, 0) is 120 Å². The van der Waals surface area contributed by atoms with Crippen molar-refractivity contribution >= 4 is 70.6 Å². The number of methoxy groups -OCH3 is 2. The molecule has 2 fully saturated rings. The minimum Gasteiger partial charge on any atom is -0.420 e. The van der Waals surface area contributed by atoms with Gasteiger partial charge in [0.15, 0.2) is 17.4 Å². The van der Waals surface area contributed by atoms with Gasteiger partial charge in [0.1, 0.15) is 25.0 Å². The van der Waals surface area contributed by atoms with Gasteiger partial charge in [-0.1, -0.05) is 111 Å². The number of esters is 1. The molecule has 9 amide bonds. The van der Waals surface area contributed by atoms with Crippen LogP contribution in [0, 0.1) is 77.5 Å². The number of hydrogen-bond donors (Lipinski definition) is 6. The standard InChI is InChI=1S/C80H118F4N10O16/c1-17-48(8)72(92(14)78(103)70(46(4)5)90-77(102)71(47(6)7)91(12)13)61(106-15)41-63(98)94-33-22-26-58(94)73(107-16)50(10)59(95)40-56(38-52-23-19-18-20-24-52)75(100)87-42-53-27-29-57(30-28-53)88-76(101)54(25-21-32-86-80(85)105)39-60(96)69(45(2)3)89-62(97)43-108-35-36-109-44-64(99)93-34-31-55(37-49(93)9)79(104)110-74-67(83)65(81)51(11)66(82)68(74)84/h18-20,23-24,27-30,45-50,54-56,58,61,69-73H,17,21-22,25-26,31-44H2,1-16H3,(H,87,100)(H,88,101)(H,89,97)(H,90,102)(H3,85,86,105)/t48-,49?,50-,54+,55?,56+,58-,61+,69-,70-,71-,72-,73+/m0/s1. The Bertz CT molecular complexity index is 3560. The highest BCUT2D eigenvalue weighted by molar-refractivity contribution is 5.98. The molecule has 0 aliphatic carbocycles. The van der Waals surface area contributed by atoms with Crippen LogP contribution in [0.4, 0.5) is 28.0 Å². The van der Waals surface area contributed by atoms with Crippen molar-refractivity contribution in [2.24, 2.45) is 53.1 Å². The SMILES string of the molecule is CC[C@H](C)[C@@H]([C@@H](CC(=O)N1CCC[C@H]1[C@H](OC)[C@@H](C)C(=O)C[C@@H](Cc1ccccc1)C(=O)NCc1ccc(NC(=O)[C@H](CCCNC(N)=O)CC(=O)[C@@H](NC(=O)COCCOCC(=O)N2CCC(C(=O)Oc3c(F)c(F)c(C)c(F)c3F)CC2C)C(C)C)cc1)OC)N(C)C(=O)[C@@H](NC(=O)[C@H](C(C)C)N(C)C)C(C)C. The van der Waals surface area contributed by atoms with Gasteiger partial charge in [-0.2, -0.15) is 8.78 Å². The molecule has 30 heteroatoms. The number of likely N-dealkylation sites (N-methyl/N-ethyl adjacent to an activating group) is 2. The summed E-state index contributed by atoms with van der Waals surface area (Å²) in [6, 6.07) is 11.3. The Balaban J connectivity index is 1.15. The van der Waals surface area contributed by atoms with Crippen molar-refractivity contribution in [3.05, 3.63) is 94.6 Å². The molecule has 0 radical (unpaired) electrons. The van der Waals surface area contributed by atoms with Crippen molar-refractivity contribution in [1.82, 2.24) is 40.9 Å². The van der Waals surface area contributed by atoms with Crippen LogP contribution in [-0.4, -0.2) is 214 Å². The van der Waals surface area contributed by atoms with E-state index in [4.69, 9.17) is 29.4 Å². The Morgan fingerprint density at radius 2 is 1.27 bits per heavy atom. The molecule has 0 bridgehead atoms. The van der Waals surface area contributed by atoms with E-state index in [1.165, 1.54) is 19.1 Å². The van der Waals surface area contributed by atoms with E-state index >= 15 is 0 Å². The molecule has 2 aliphatic rings. The summed E-state index contributed by atoms with van der Waals surface area (Å²) in [6.07, 6.45) is 0.582. The molecule has 0 saturated carbocycles. The number of amides is 9. The van der Waals surface area contributed by atoms with E-state index in [-0.39, 0.29) is 131 Å². The number of urea groups is 1. The van der Waals surface area contributed by atoms with Gasteiger partial charge in [-0.25, -0.2) is 13.6 Å². The van der Waals surface area contributed by atoms with Gasteiger partial charge in [-0.15, -0.1) is 0 Å². The van der Waals surface area contributed by atoms with Crippen LogP contribution in [0.1, 0.15) is 150 Å². The third kappa shape index (κ3) is 26.4. The summed E-state index contributed by atoms with van der Waals surface area (Å²) >= 11 is 0. The third-order valence-corrected chi connectivity index (χ3v) is 21.1. The van der Waals surface area contributed by atoms with Gasteiger partial charge < -0.3 is 70.7 Å². The number of hydrogen-bond acceptors (Lipinski definition) is 17. The number of carbonyl (C=O) groups is 11. The number of primary amides is 1. The van der Waals surface area contributed by atoms with Crippen molar-refractivity contribution < 1.29 is 94.0 Å². The average molecular weight is 1550 g/mol. The first-order valence-electron chi connectivity index (χ1n) is 38.1. The highest BCUT2D eigenvalue weighted by Crippen LogP contribution is 2.35. The van der Waals surface area contributed by atoms with Gasteiger partial charge in [0.2, 0.25) is 58.7 Å². The van der Waals surface area contributed by atoms with E-state index < -0.39 is 161 Å². The largest absolute Gasteiger partial charge is 0.420 e. The van der Waals surface area contributed by atoms with Crippen molar-refractivity contribution in [3.8, 4) is 5.75 Å². The highest BCUT2D eigenvalue weighted by Gasteiger charge is 2.45. The molecule has 13 atom stereocenters. The van der Waals surface area contributed by atoms with E-state index in [9.17, 15) is 70.3 Å². The monoisotopic (exact) mass is 1550 g/mol. The lowest BCUT2D eigenvalue weighted by atomic mass is 9.85. The number of halogens is 4. The summed E-state index contributed by atoms with van der Waals surface area (Å²) in [6.45, 7) is 18.8. The van der Waals surface area contributed by atoms with Crippen LogP contribution in [0.3, 0.4) is 0 Å². The maximum absolute atomic E-state index is 14.7. The second kappa shape index (κ2) is 44.6. The van der Waals surface area contributed by atoms with Gasteiger partial charge >= 0.3 is 12.0 Å². The molecule has 3 aromatic carbocycles. The molecule has 26 nitrogen and oxygen atoms in total. The van der Waals surface area contributed by atoms with E-state index in [1.807, 2.05) is 90.9 Å². The molecule has 2 heterocycles. The molecule has 2 aliphatic heterocycles. The smallest absolute Gasteiger partial charge is 0.314 e. The Morgan fingerprint density at radius 3 is 1.84 bits per heavy atom. The van der Waals surface area contributed by atoms with Gasteiger partial charge in [0.05, 0.1) is 61.9 Å². The molecule has 5 rings (SSSR count). The fourth-order valence-electron chi connectivity index (χ4n) is 14.7. The number of ether oxygens (including phenoxy) is 5. The molecule has 0 spiro atoms. The number of piperidine rings is 1. The topological polar surface area (TPSA) is 333 Å². The van der Waals surface area contributed by atoms with Crippen molar-refractivity contribution in [3.63, 3.8) is 0 Å². The molecule has 2 saturated heterocycles. The van der Waals surface area contributed by atoms with Crippen LogP contribution < -0.4 is 37.1 Å². The minimum atomic E-state index is -1.84. The number of ketones is 2. The third-order valence-electron chi connectivity index (χ3n) is 21.1. The van der Waals surface area contributed by atoms with E-state index in [1.54, 1.807) is 68.8 Å². The zero-order chi connectivity index (χ0) is 82.0. The van der Waals surface area contributed by atoms with Gasteiger partial charge in [0.25, 0.3) is 0 Å². The Hall–Kier alpha value is -8.45. The Kier molecular flexibility index (Phi) is 37.3. The lowest BCUT2D eigenvalue weighted by Crippen LogP contribution is -2.59. The van der Waals surface area contributed by atoms with Crippen molar-refractivity contribution in [1.29, 1.82) is 0 Å². The number of carbonyl (C=O) groups excluding carboxylic acids is 11. The van der Waals surface area contributed by atoms with Crippen LogP contribution in [0.25, 0.3) is 0 Å². The summed E-state index contributed by atoms with van der Waals surface area (Å²) in [5, 5.41) is 14.1. The molecule has 0 aromatic heterocycles. The van der Waals surface area contributed by atoms with Crippen molar-refractivity contribution in [2.75, 3.05) is 86.7 Å². The first-order chi connectivity index (χ1) is 52.0. The number of Topliss-reactive ketones (excluding diaryl/α,β-unsaturated/α-hetero) is 2. The lowest BCUT2D eigenvalue weighted by Gasteiger charge is -2.41. The quantitative estimate of drug-likeness (QED) is 0.0103. The van der Waals surface area contributed by atoms with E-state index in [0.29, 0.717) is 37.1 Å². The molecule has 7 N–H and O–H groups in total. The zero-order valence-corrected chi connectivity index (χ0v) is 66.8. The highest BCUT2D eigenvalue weighted by atomic mass is 19.2. The number of anilines is 1. The first kappa shape index (κ1) is 92.2. The fourth-order valence-corrected chi connectivity index (χ4v) is 14.7. The maximum atomic E-state index is 14.7. The zero-order valence-electron chi connectivity index (χ0n) is 66.8. The maximum Gasteiger partial charge on any atom is 0.314 e. The summed E-state index contributed by atoms with van der Waals surface area (Å²) in [4.78, 5) is 157. The summed E-state index contributed by atoms with van der Waals surface area (Å²) < 4.78 is 85.0. The molecular weight excluding hydrogens is 1430 g/mol. The number of likely N-dealkylation sites (tertiary alicyclic amines) is 2. The first-order valence-corrected chi connectivity index (χ1v) is 38.1. The van der Waals surface area contributed by atoms with Crippen LogP contribution in [0.15, 0.2) is 54.6 Å². The molecule has 110 heavy (non-hydrogen) atoms. The van der Waals surface area contributed by atoms with Crippen LogP contribution in [0.5, 0.6) is 5.75 Å². The van der Waals surface area contributed by atoms with E-state index in [2.05, 4.69) is 26.6 Å². The number of rotatable bonds is 44. The summed E-state index contributed by atoms with van der Waals surface area (Å²) in [7, 11) is 8.39. The lowest BCUT2D eigenvalue weighted by molar-refractivity contribution is -0.148. The predicted octanol–water partition coefficient (Wildman–Crippen LogP) is 8.00. The Morgan fingerprint density at radius 1 is 0.655 bits per heavy atom. The van der Waals surface area contributed by atoms with Crippen molar-refractivity contribution in [2.45, 2.75) is 202 Å². The summed E-state index contributed by atoms with van der Waals surface area (Å²) in [5.74, 6) is -17.4. The number of nitrogens with zero attached hydrogens (tertiary/aromatic N) is 4. The number of nitrogens with two attached hydrogens (primary N) is 1. The van der Waals surface area contributed by atoms with Gasteiger partial charge in [-0.3, -0.25) is 52.8 Å². The molecule has 2 unspecified atom stereocenters. The fraction of sp³-hybridized carbons (Fsp3) is 0.637. The molecule has 612 valence electrons. The predicted molar refractivity (Wildman–Crippen MR) is 404 cm³/mol. The average Bonchev–Trinajstić information content (AvgIpc) is 0.925. The van der Waals surface area contributed by atoms with Gasteiger partial charge in [0, 0.05) is 95.3 Å². The van der Waals surface area contributed by atoms with Crippen LogP contribution >= 0.6 is 0 Å².